The summed E-state index contributed by atoms with van der Waals surface area (Å²) in [5, 5.41) is 11.0. The van der Waals surface area contributed by atoms with Crippen molar-refractivity contribution in [3.63, 3.8) is 0 Å². The molecule has 0 spiro atoms. The second-order valence-electron chi connectivity index (χ2n) is 3.43. The molecule has 1 unspecified atom stereocenters. The lowest BCUT2D eigenvalue weighted by molar-refractivity contribution is 0.0955. The lowest BCUT2D eigenvalue weighted by Gasteiger charge is -2.19. The molecule has 0 aromatic rings. The van der Waals surface area contributed by atoms with E-state index < -0.39 is 0 Å². The van der Waals surface area contributed by atoms with Crippen molar-refractivity contribution >= 4 is 0 Å². The number of nitrogens with zero attached hydrogens (tertiary/aromatic N) is 1. The maximum absolute atomic E-state index is 9.31. The van der Waals surface area contributed by atoms with Gasteiger partial charge in [0.2, 0.25) is 0 Å². The fraction of sp³-hybridized carbons (Fsp3) is 1.00. The Morgan fingerprint density at radius 2 is 2.22 bits per heavy atom. The molecule has 0 amide bonds. The fourth-order valence-electron chi connectivity index (χ4n) is 1.16. The third kappa shape index (κ3) is 1.23. The Bertz CT molecular complexity index is 114. The van der Waals surface area contributed by atoms with Gasteiger partial charge < -0.3 is 5.11 Å². The van der Waals surface area contributed by atoms with Gasteiger partial charge in [-0.3, -0.25) is 5.84 Å². The van der Waals surface area contributed by atoms with E-state index in [2.05, 4.69) is 0 Å². The second-order valence-corrected chi connectivity index (χ2v) is 3.43. The average Bonchev–Trinajstić information content (AvgIpc) is 1.79. The second kappa shape index (κ2) is 1.94. The van der Waals surface area contributed by atoms with Crippen LogP contribution in [0.5, 0.6) is 0 Å². The predicted octanol–water partition coefficient (Wildman–Crippen LogP) is -0.437. The van der Waals surface area contributed by atoms with Gasteiger partial charge in [0.25, 0.3) is 0 Å². The van der Waals surface area contributed by atoms with Crippen molar-refractivity contribution < 1.29 is 5.11 Å². The van der Waals surface area contributed by atoms with Crippen molar-refractivity contribution in [3.8, 4) is 0 Å². The summed E-state index contributed by atoms with van der Waals surface area (Å²) in [7, 11) is 0. The summed E-state index contributed by atoms with van der Waals surface area (Å²) in [5.41, 5.74) is -0.0191. The molecule has 3 heteroatoms. The number of hydrogen-bond acceptors (Lipinski definition) is 3. The van der Waals surface area contributed by atoms with Crippen LogP contribution in [0.4, 0.5) is 0 Å². The van der Waals surface area contributed by atoms with Gasteiger partial charge in [0.15, 0.2) is 0 Å². The molecular weight excluding hydrogens is 116 g/mol. The molecule has 0 saturated carbocycles. The van der Waals surface area contributed by atoms with E-state index in [0.717, 1.165) is 6.54 Å². The summed E-state index contributed by atoms with van der Waals surface area (Å²) in [6, 6.07) is 0. The standard InChI is InChI=1S/C6H14N2O/c1-6(2)4-8(7)3-5(6)9/h5,9H,3-4,7H2,1-2H3. The number of aliphatic hydroxyl groups is 1. The average molecular weight is 130 g/mol. The zero-order chi connectivity index (χ0) is 7.07. The van der Waals surface area contributed by atoms with Gasteiger partial charge in [0.05, 0.1) is 6.10 Å². The van der Waals surface area contributed by atoms with Crippen LogP contribution in [-0.4, -0.2) is 29.3 Å². The number of nitrogens with two attached hydrogens (primary N) is 1. The summed E-state index contributed by atoms with van der Waals surface area (Å²) < 4.78 is 0. The Morgan fingerprint density at radius 1 is 1.67 bits per heavy atom. The van der Waals surface area contributed by atoms with Crippen LogP contribution in [0.25, 0.3) is 0 Å². The van der Waals surface area contributed by atoms with E-state index in [0.29, 0.717) is 6.54 Å². The lowest BCUT2D eigenvalue weighted by atomic mass is 9.90. The Labute approximate surface area is 55.4 Å². The van der Waals surface area contributed by atoms with E-state index in [4.69, 9.17) is 5.84 Å². The monoisotopic (exact) mass is 130 g/mol. The van der Waals surface area contributed by atoms with Gasteiger partial charge in [0, 0.05) is 18.5 Å². The molecule has 0 radical (unpaired) electrons. The maximum atomic E-state index is 9.31. The van der Waals surface area contributed by atoms with Crippen molar-refractivity contribution in [1.29, 1.82) is 0 Å². The molecule has 0 aliphatic carbocycles. The molecule has 0 bridgehead atoms. The molecule has 9 heavy (non-hydrogen) atoms. The molecule has 3 N–H and O–H groups in total. The normalized spacial score (nSPS) is 35.3. The van der Waals surface area contributed by atoms with E-state index in [1.807, 2.05) is 13.8 Å². The van der Waals surface area contributed by atoms with Crippen LogP contribution < -0.4 is 5.84 Å². The SMILES string of the molecule is CC1(C)CN(N)CC1O. The van der Waals surface area contributed by atoms with Crippen LogP contribution in [0.1, 0.15) is 13.8 Å². The minimum absolute atomic E-state index is 0.0191. The smallest absolute Gasteiger partial charge is 0.0744 e. The van der Waals surface area contributed by atoms with Gasteiger partial charge in [-0.25, -0.2) is 5.01 Å². The quantitative estimate of drug-likeness (QED) is 0.437. The minimum atomic E-state index is -0.262. The van der Waals surface area contributed by atoms with E-state index in [1.165, 1.54) is 0 Å². The molecule has 0 aromatic carbocycles. The Balaban J connectivity index is 2.58. The molecule has 1 rings (SSSR count). The van der Waals surface area contributed by atoms with Gasteiger partial charge in [-0.15, -0.1) is 0 Å². The molecule has 1 aliphatic rings. The highest BCUT2D eigenvalue weighted by Crippen LogP contribution is 2.26. The number of rotatable bonds is 0. The zero-order valence-electron chi connectivity index (χ0n) is 5.96. The first-order valence-corrected chi connectivity index (χ1v) is 3.20. The zero-order valence-corrected chi connectivity index (χ0v) is 5.96. The topological polar surface area (TPSA) is 49.5 Å². The molecule has 0 aromatic heterocycles. The maximum Gasteiger partial charge on any atom is 0.0744 e. The van der Waals surface area contributed by atoms with Crippen LogP contribution in [0.15, 0.2) is 0 Å². The first-order valence-electron chi connectivity index (χ1n) is 3.20. The van der Waals surface area contributed by atoms with Crippen molar-refractivity contribution in [2.24, 2.45) is 11.3 Å². The Kier molecular flexibility index (Phi) is 1.50. The van der Waals surface area contributed by atoms with Crippen LogP contribution >= 0.6 is 0 Å². The third-order valence-electron chi connectivity index (χ3n) is 1.92. The molecule has 1 saturated heterocycles. The Hall–Kier alpha value is -0.120. The van der Waals surface area contributed by atoms with E-state index in [-0.39, 0.29) is 11.5 Å². The first kappa shape index (κ1) is 6.99. The fourth-order valence-corrected chi connectivity index (χ4v) is 1.16. The van der Waals surface area contributed by atoms with Crippen LogP contribution in [0.3, 0.4) is 0 Å². The van der Waals surface area contributed by atoms with Gasteiger partial charge in [-0.05, 0) is 0 Å². The summed E-state index contributed by atoms with van der Waals surface area (Å²) in [6.07, 6.45) is -0.262. The summed E-state index contributed by atoms with van der Waals surface area (Å²) >= 11 is 0. The molecule has 3 nitrogen and oxygen atoms in total. The highest BCUT2D eigenvalue weighted by molar-refractivity contribution is 4.88. The molecule has 1 heterocycles. The van der Waals surface area contributed by atoms with E-state index >= 15 is 0 Å². The Morgan fingerprint density at radius 3 is 2.33 bits per heavy atom. The summed E-state index contributed by atoms with van der Waals surface area (Å²) in [4.78, 5) is 0. The third-order valence-corrected chi connectivity index (χ3v) is 1.92. The number of hydrazine groups is 1. The molecule has 1 aliphatic heterocycles. The van der Waals surface area contributed by atoms with Crippen molar-refractivity contribution in [2.45, 2.75) is 20.0 Å². The van der Waals surface area contributed by atoms with Crippen molar-refractivity contribution in [3.05, 3.63) is 0 Å². The van der Waals surface area contributed by atoms with Gasteiger partial charge in [-0.1, -0.05) is 13.8 Å². The molecule has 54 valence electrons. The van der Waals surface area contributed by atoms with Crippen LogP contribution in [0, 0.1) is 5.41 Å². The van der Waals surface area contributed by atoms with Crippen LogP contribution in [-0.2, 0) is 0 Å². The largest absolute Gasteiger partial charge is 0.391 e. The first-order chi connectivity index (χ1) is 4.02. The lowest BCUT2D eigenvalue weighted by Crippen LogP contribution is -2.29. The van der Waals surface area contributed by atoms with Crippen LogP contribution in [0.2, 0.25) is 0 Å². The predicted molar refractivity (Wildman–Crippen MR) is 35.5 cm³/mol. The number of β-amino-alcohol motifs (C(OH)–C–C–N with tert-alkyl or cyclic N) is 1. The molecule has 1 fully saturated rings. The summed E-state index contributed by atoms with van der Waals surface area (Å²) in [6.45, 7) is 5.43. The highest BCUT2D eigenvalue weighted by atomic mass is 16.3. The molecule has 1 atom stereocenters. The summed E-state index contributed by atoms with van der Waals surface area (Å²) in [5.74, 6) is 5.47. The van der Waals surface area contributed by atoms with Gasteiger partial charge in [-0.2, -0.15) is 0 Å². The van der Waals surface area contributed by atoms with Crippen molar-refractivity contribution in [1.82, 2.24) is 5.01 Å². The highest BCUT2D eigenvalue weighted by Gasteiger charge is 2.36. The van der Waals surface area contributed by atoms with Crippen molar-refractivity contribution in [2.75, 3.05) is 13.1 Å². The van der Waals surface area contributed by atoms with Gasteiger partial charge in [0.1, 0.15) is 0 Å². The van der Waals surface area contributed by atoms with E-state index in [9.17, 15) is 5.11 Å². The molecular formula is C6H14N2O. The minimum Gasteiger partial charge on any atom is -0.391 e. The number of hydrogen-bond donors (Lipinski definition) is 2. The number of aliphatic hydroxyl groups excluding tert-OH is 1. The van der Waals surface area contributed by atoms with E-state index in [1.54, 1.807) is 5.01 Å². The van der Waals surface area contributed by atoms with Gasteiger partial charge >= 0.3 is 0 Å².